The maximum atomic E-state index is 13.0. The minimum absolute atomic E-state index is 0.00426. The number of piperidine rings is 1. The SMILES string of the molecule is CN(Cc1nccn1C(F)F)C(=O)NCc1ccccc1S(=O)(=O)N1CCCCC1. The zero-order chi connectivity index (χ0) is 21.7. The second-order valence-corrected chi connectivity index (χ2v) is 9.02. The Hall–Kier alpha value is -2.53. The monoisotopic (exact) mass is 441 g/mol. The summed E-state index contributed by atoms with van der Waals surface area (Å²) in [6, 6.07) is 6.03. The lowest BCUT2D eigenvalue weighted by atomic mass is 10.2. The summed E-state index contributed by atoms with van der Waals surface area (Å²) >= 11 is 0. The molecule has 3 rings (SSSR count). The Balaban J connectivity index is 1.67. The van der Waals surface area contributed by atoms with Gasteiger partial charge in [-0.15, -0.1) is 0 Å². The summed E-state index contributed by atoms with van der Waals surface area (Å²) in [7, 11) is -2.19. The Morgan fingerprint density at radius 3 is 2.63 bits per heavy atom. The average Bonchev–Trinajstić information content (AvgIpc) is 3.21. The van der Waals surface area contributed by atoms with E-state index in [0.717, 1.165) is 25.5 Å². The van der Waals surface area contributed by atoms with Gasteiger partial charge in [0.15, 0.2) is 0 Å². The Morgan fingerprint density at radius 1 is 1.23 bits per heavy atom. The van der Waals surface area contributed by atoms with Crippen molar-refractivity contribution in [1.29, 1.82) is 0 Å². The van der Waals surface area contributed by atoms with E-state index < -0.39 is 22.6 Å². The van der Waals surface area contributed by atoms with Crippen LogP contribution in [0.15, 0.2) is 41.6 Å². The number of hydrogen-bond donors (Lipinski definition) is 1. The fraction of sp³-hybridized carbons (Fsp3) is 0.474. The van der Waals surface area contributed by atoms with Crippen molar-refractivity contribution in [2.75, 3.05) is 20.1 Å². The summed E-state index contributed by atoms with van der Waals surface area (Å²) in [6.45, 7) is -1.89. The maximum Gasteiger partial charge on any atom is 0.319 e. The summed E-state index contributed by atoms with van der Waals surface area (Å²) in [4.78, 5) is 17.7. The molecule has 1 aliphatic heterocycles. The van der Waals surface area contributed by atoms with E-state index in [1.54, 1.807) is 18.2 Å². The topological polar surface area (TPSA) is 87.5 Å². The first-order valence-corrected chi connectivity index (χ1v) is 11.1. The van der Waals surface area contributed by atoms with E-state index in [2.05, 4.69) is 10.3 Å². The Bertz CT molecular complexity index is 974. The van der Waals surface area contributed by atoms with E-state index in [0.29, 0.717) is 23.2 Å². The third kappa shape index (κ3) is 4.96. The molecule has 1 fully saturated rings. The molecule has 1 aromatic carbocycles. The van der Waals surface area contributed by atoms with Crippen LogP contribution in [0.1, 0.15) is 37.2 Å². The van der Waals surface area contributed by atoms with Crippen molar-refractivity contribution in [3.63, 3.8) is 0 Å². The van der Waals surface area contributed by atoms with Crippen molar-refractivity contribution in [3.05, 3.63) is 48.0 Å². The number of urea groups is 1. The van der Waals surface area contributed by atoms with Crippen LogP contribution in [0.2, 0.25) is 0 Å². The lowest BCUT2D eigenvalue weighted by Crippen LogP contribution is -2.38. The van der Waals surface area contributed by atoms with Gasteiger partial charge in [-0.05, 0) is 24.5 Å². The van der Waals surface area contributed by atoms with Crippen LogP contribution in [0.25, 0.3) is 0 Å². The van der Waals surface area contributed by atoms with E-state index in [4.69, 9.17) is 0 Å². The van der Waals surface area contributed by atoms with Crippen LogP contribution in [0, 0.1) is 0 Å². The molecule has 0 unspecified atom stereocenters. The predicted octanol–water partition coefficient (Wildman–Crippen LogP) is 2.79. The van der Waals surface area contributed by atoms with Crippen molar-refractivity contribution in [3.8, 4) is 0 Å². The van der Waals surface area contributed by atoms with Gasteiger partial charge in [-0.3, -0.25) is 4.57 Å². The summed E-state index contributed by atoms with van der Waals surface area (Å²) in [6.07, 6.45) is 5.07. The molecule has 8 nitrogen and oxygen atoms in total. The zero-order valence-electron chi connectivity index (χ0n) is 16.7. The van der Waals surface area contributed by atoms with Gasteiger partial charge in [0.2, 0.25) is 10.0 Å². The molecule has 2 amide bonds. The molecule has 11 heteroatoms. The van der Waals surface area contributed by atoms with Crippen molar-refractivity contribution in [2.24, 2.45) is 0 Å². The van der Waals surface area contributed by atoms with Gasteiger partial charge in [-0.1, -0.05) is 24.6 Å². The molecule has 0 spiro atoms. The fourth-order valence-electron chi connectivity index (χ4n) is 3.38. The highest BCUT2D eigenvalue weighted by Crippen LogP contribution is 2.23. The molecule has 0 saturated carbocycles. The van der Waals surface area contributed by atoms with Crippen LogP contribution in [0.4, 0.5) is 13.6 Å². The number of sulfonamides is 1. The molecular formula is C19H25F2N5O3S. The second kappa shape index (κ2) is 9.52. The largest absolute Gasteiger partial charge is 0.334 e. The van der Waals surface area contributed by atoms with Gasteiger partial charge in [0.05, 0.1) is 11.4 Å². The van der Waals surface area contributed by atoms with Crippen LogP contribution in [0.3, 0.4) is 0 Å². The van der Waals surface area contributed by atoms with Gasteiger partial charge < -0.3 is 10.2 Å². The molecule has 2 aromatic rings. The summed E-state index contributed by atoms with van der Waals surface area (Å²) in [5.74, 6) is 0.0516. The lowest BCUT2D eigenvalue weighted by Gasteiger charge is -2.27. The highest BCUT2D eigenvalue weighted by atomic mass is 32.2. The number of imidazole rings is 1. The molecule has 2 heterocycles. The van der Waals surface area contributed by atoms with E-state index >= 15 is 0 Å². The Morgan fingerprint density at radius 2 is 1.93 bits per heavy atom. The molecule has 0 radical (unpaired) electrons. The lowest BCUT2D eigenvalue weighted by molar-refractivity contribution is 0.0651. The number of amides is 2. The van der Waals surface area contributed by atoms with Crippen LogP contribution in [0.5, 0.6) is 0 Å². The third-order valence-electron chi connectivity index (χ3n) is 5.02. The number of hydrogen-bond acceptors (Lipinski definition) is 4. The summed E-state index contributed by atoms with van der Waals surface area (Å²) in [5.41, 5.74) is 0.471. The number of carbonyl (C=O) groups is 1. The van der Waals surface area contributed by atoms with Gasteiger partial charge in [0.1, 0.15) is 5.82 Å². The maximum absolute atomic E-state index is 13.0. The predicted molar refractivity (Wildman–Crippen MR) is 106 cm³/mol. The highest BCUT2D eigenvalue weighted by Gasteiger charge is 2.28. The molecule has 0 aliphatic carbocycles. The standard InChI is InChI=1S/C19H25F2N5O3S/c1-24(14-17-22-9-12-26(17)18(20)21)19(27)23-13-15-7-3-4-8-16(15)30(28,29)25-10-5-2-6-11-25/h3-4,7-9,12,18H,2,5-6,10-11,13-14H2,1H3,(H,23,27). The number of benzene rings is 1. The number of rotatable bonds is 7. The number of alkyl halides is 2. The highest BCUT2D eigenvalue weighted by molar-refractivity contribution is 7.89. The normalized spacial score (nSPS) is 15.3. The van der Waals surface area contributed by atoms with Crippen LogP contribution in [-0.2, 0) is 23.1 Å². The van der Waals surface area contributed by atoms with Crippen molar-refractivity contribution in [2.45, 2.75) is 43.8 Å². The van der Waals surface area contributed by atoms with Gasteiger partial charge in [-0.2, -0.15) is 13.1 Å². The van der Waals surface area contributed by atoms with E-state index in [9.17, 15) is 22.0 Å². The van der Waals surface area contributed by atoms with Gasteiger partial charge in [-0.25, -0.2) is 18.2 Å². The molecule has 164 valence electrons. The molecule has 1 saturated heterocycles. The Kier molecular flexibility index (Phi) is 7.03. The molecule has 1 aromatic heterocycles. The minimum atomic E-state index is -3.65. The zero-order valence-corrected chi connectivity index (χ0v) is 17.5. The quantitative estimate of drug-likeness (QED) is 0.716. The van der Waals surface area contributed by atoms with E-state index in [-0.39, 0.29) is 23.8 Å². The first-order chi connectivity index (χ1) is 14.3. The molecule has 1 N–H and O–H groups in total. The number of carbonyl (C=O) groups excluding carboxylic acids is 1. The Labute approximate surface area is 174 Å². The first kappa shape index (κ1) is 22.2. The minimum Gasteiger partial charge on any atom is -0.334 e. The number of nitrogens with zero attached hydrogens (tertiary/aromatic N) is 4. The smallest absolute Gasteiger partial charge is 0.319 e. The van der Waals surface area contributed by atoms with Crippen LogP contribution in [-0.4, -0.2) is 53.3 Å². The first-order valence-electron chi connectivity index (χ1n) is 9.67. The van der Waals surface area contributed by atoms with Crippen molar-refractivity contribution >= 4 is 16.1 Å². The van der Waals surface area contributed by atoms with Crippen molar-refractivity contribution < 1.29 is 22.0 Å². The summed E-state index contributed by atoms with van der Waals surface area (Å²) in [5, 5.41) is 2.65. The molecule has 0 atom stereocenters. The van der Waals surface area contributed by atoms with Gasteiger partial charge in [0.25, 0.3) is 0 Å². The second-order valence-electron chi connectivity index (χ2n) is 7.12. The van der Waals surface area contributed by atoms with Crippen LogP contribution < -0.4 is 5.32 Å². The van der Waals surface area contributed by atoms with E-state index in [1.165, 1.54) is 28.5 Å². The number of nitrogens with one attached hydrogen (secondary N) is 1. The average molecular weight is 442 g/mol. The van der Waals surface area contributed by atoms with Crippen molar-refractivity contribution in [1.82, 2.24) is 24.1 Å². The van der Waals surface area contributed by atoms with Gasteiger partial charge >= 0.3 is 12.6 Å². The molecule has 30 heavy (non-hydrogen) atoms. The fourth-order valence-corrected chi connectivity index (χ4v) is 5.12. The number of aromatic nitrogens is 2. The molecular weight excluding hydrogens is 416 g/mol. The van der Waals surface area contributed by atoms with E-state index in [1.807, 2.05) is 0 Å². The van der Waals surface area contributed by atoms with Crippen LogP contribution >= 0.6 is 0 Å². The summed E-state index contributed by atoms with van der Waals surface area (Å²) < 4.78 is 54.1. The molecule has 0 bridgehead atoms. The third-order valence-corrected chi connectivity index (χ3v) is 7.02. The molecule has 1 aliphatic rings. The number of halogens is 2. The van der Waals surface area contributed by atoms with Gasteiger partial charge in [0, 0.05) is 39.1 Å².